The van der Waals surface area contributed by atoms with Gasteiger partial charge >= 0.3 is 12.0 Å². The molecule has 0 bridgehead atoms. The van der Waals surface area contributed by atoms with Gasteiger partial charge in [0.1, 0.15) is 5.75 Å². The fraction of sp³-hybridized carbons (Fsp3) is 0.211. The summed E-state index contributed by atoms with van der Waals surface area (Å²) in [5, 5.41) is 4.73. The number of hydrogen-bond donors (Lipinski definition) is 2. The molecule has 0 saturated heterocycles. The van der Waals surface area contributed by atoms with Crippen LogP contribution in [0.25, 0.3) is 0 Å². The maximum Gasteiger partial charge on any atom is 0.337 e. The van der Waals surface area contributed by atoms with Gasteiger partial charge in [-0.15, -0.1) is 0 Å². The van der Waals surface area contributed by atoms with Gasteiger partial charge in [0, 0.05) is 12.1 Å². The monoisotopic (exact) mass is 356 g/mol. The highest BCUT2D eigenvalue weighted by atomic mass is 16.5. The molecule has 0 aromatic heterocycles. The summed E-state index contributed by atoms with van der Waals surface area (Å²) in [5.41, 5.74) is 0.860. The molecule has 0 fully saturated rings. The van der Waals surface area contributed by atoms with E-state index in [2.05, 4.69) is 15.4 Å². The fourth-order valence-electron chi connectivity index (χ4n) is 2.23. The van der Waals surface area contributed by atoms with Crippen molar-refractivity contribution >= 4 is 17.9 Å². The number of esters is 1. The van der Waals surface area contributed by atoms with E-state index in [1.54, 1.807) is 55.5 Å². The van der Waals surface area contributed by atoms with E-state index in [9.17, 15) is 14.4 Å². The van der Waals surface area contributed by atoms with Crippen molar-refractivity contribution in [1.82, 2.24) is 10.6 Å². The molecule has 136 valence electrons. The van der Waals surface area contributed by atoms with E-state index < -0.39 is 24.0 Å². The van der Waals surface area contributed by atoms with Crippen molar-refractivity contribution in [3.63, 3.8) is 0 Å². The molecule has 3 amide bonds. The molecule has 1 atom stereocenters. The quantitative estimate of drug-likeness (QED) is 0.776. The number of hydrogen-bond acceptors (Lipinski definition) is 5. The number of imide groups is 1. The zero-order valence-corrected chi connectivity index (χ0v) is 14.5. The standard InChI is InChI=1S/C19H20N2O5/c1-3-20-19(24)21-17(22)16(13-8-5-4-6-9-13)26-15-11-7-10-14(12-15)18(23)25-2/h4-12,16H,3H2,1-2H3,(H2,20,21,22,24)/t16-/m1/s1. The first-order valence-electron chi connectivity index (χ1n) is 8.03. The predicted molar refractivity (Wildman–Crippen MR) is 94.8 cm³/mol. The highest BCUT2D eigenvalue weighted by Gasteiger charge is 2.24. The average Bonchev–Trinajstić information content (AvgIpc) is 2.66. The minimum absolute atomic E-state index is 0.293. The van der Waals surface area contributed by atoms with Crippen LogP contribution in [0.4, 0.5) is 4.79 Å². The first-order valence-corrected chi connectivity index (χ1v) is 8.03. The molecule has 0 aliphatic heterocycles. The molecule has 0 heterocycles. The Balaban J connectivity index is 2.26. The van der Waals surface area contributed by atoms with E-state index in [1.165, 1.54) is 13.2 Å². The normalized spacial score (nSPS) is 11.2. The van der Waals surface area contributed by atoms with Crippen molar-refractivity contribution in [2.45, 2.75) is 13.0 Å². The zero-order chi connectivity index (χ0) is 18.9. The summed E-state index contributed by atoms with van der Waals surface area (Å²) in [7, 11) is 1.28. The molecule has 0 aliphatic rings. The van der Waals surface area contributed by atoms with Gasteiger partial charge < -0.3 is 14.8 Å². The molecule has 2 aromatic carbocycles. The van der Waals surface area contributed by atoms with Crippen LogP contribution in [0.15, 0.2) is 54.6 Å². The summed E-state index contributed by atoms with van der Waals surface area (Å²) in [4.78, 5) is 35.8. The minimum atomic E-state index is -1.06. The lowest BCUT2D eigenvalue weighted by atomic mass is 10.1. The van der Waals surface area contributed by atoms with Crippen molar-refractivity contribution in [3.05, 3.63) is 65.7 Å². The first kappa shape index (κ1) is 19.0. The number of benzene rings is 2. The van der Waals surface area contributed by atoms with Crippen molar-refractivity contribution in [2.24, 2.45) is 0 Å². The third kappa shape index (κ3) is 5.07. The lowest BCUT2D eigenvalue weighted by Gasteiger charge is -2.19. The second-order valence-electron chi connectivity index (χ2n) is 5.28. The van der Waals surface area contributed by atoms with Crippen LogP contribution < -0.4 is 15.4 Å². The molecule has 0 unspecified atom stereocenters. The van der Waals surface area contributed by atoms with Gasteiger partial charge in [-0.1, -0.05) is 36.4 Å². The van der Waals surface area contributed by atoms with E-state index >= 15 is 0 Å². The Bertz CT molecular complexity index is 777. The van der Waals surface area contributed by atoms with Crippen molar-refractivity contribution in [3.8, 4) is 5.75 Å². The molecule has 7 nitrogen and oxygen atoms in total. The Hall–Kier alpha value is -3.35. The topological polar surface area (TPSA) is 93.7 Å². The largest absolute Gasteiger partial charge is 0.476 e. The van der Waals surface area contributed by atoms with Crippen LogP contribution in [0.3, 0.4) is 0 Å². The van der Waals surface area contributed by atoms with Crippen molar-refractivity contribution in [2.75, 3.05) is 13.7 Å². The molecule has 2 N–H and O–H groups in total. The van der Waals surface area contributed by atoms with Crippen LogP contribution in [-0.2, 0) is 9.53 Å². The highest BCUT2D eigenvalue weighted by Crippen LogP contribution is 2.23. The third-order valence-corrected chi connectivity index (χ3v) is 3.42. The van der Waals surface area contributed by atoms with E-state index in [1.807, 2.05) is 0 Å². The Morgan fingerprint density at radius 3 is 2.42 bits per heavy atom. The molecular weight excluding hydrogens is 336 g/mol. The number of nitrogens with one attached hydrogen (secondary N) is 2. The Labute approximate surface area is 151 Å². The number of ether oxygens (including phenoxy) is 2. The number of methoxy groups -OCH3 is 1. The molecule has 7 heteroatoms. The van der Waals surface area contributed by atoms with Crippen molar-refractivity contribution in [1.29, 1.82) is 0 Å². The van der Waals surface area contributed by atoms with Crippen LogP contribution in [0.2, 0.25) is 0 Å². The SMILES string of the molecule is CCNC(=O)NC(=O)[C@H](Oc1cccc(C(=O)OC)c1)c1ccccc1. The van der Waals surface area contributed by atoms with Gasteiger partial charge in [-0.25, -0.2) is 9.59 Å². The summed E-state index contributed by atoms with van der Waals surface area (Å²) in [6.07, 6.45) is -1.06. The summed E-state index contributed by atoms with van der Waals surface area (Å²) in [6, 6.07) is 14.4. The van der Waals surface area contributed by atoms with Gasteiger partial charge in [0.25, 0.3) is 5.91 Å². The fourth-order valence-corrected chi connectivity index (χ4v) is 2.23. The first-order chi connectivity index (χ1) is 12.5. The van der Waals surface area contributed by atoms with Crippen LogP contribution in [0, 0.1) is 0 Å². The van der Waals surface area contributed by atoms with E-state index in [4.69, 9.17) is 4.74 Å². The van der Waals surface area contributed by atoms with Crippen LogP contribution in [-0.4, -0.2) is 31.6 Å². The van der Waals surface area contributed by atoms with E-state index in [0.717, 1.165) is 0 Å². The number of urea groups is 1. The van der Waals surface area contributed by atoms with E-state index in [-0.39, 0.29) is 0 Å². The summed E-state index contributed by atoms with van der Waals surface area (Å²) in [5.74, 6) is -0.836. The second-order valence-corrected chi connectivity index (χ2v) is 5.28. The molecule has 2 aromatic rings. The van der Waals surface area contributed by atoms with Crippen LogP contribution in [0.5, 0.6) is 5.75 Å². The molecule has 0 aliphatic carbocycles. The highest BCUT2D eigenvalue weighted by molar-refractivity contribution is 5.97. The number of carbonyl (C=O) groups excluding carboxylic acids is 3. The lowest BCUT2D eigenvalue weighted by Crippen LogP contribution is -2.42. The van der Waals surface area contributed by atoms with Crippen LogP contribution in [0.1, 0.15) is 28.9 Å². The summed E-state index contributed by atoms with van der Waals surface area (Å²) < 4.78 is 10.5. The van der Waals surface area contributed by atoms with E-state index in [0.29, 0.717) is 23.4 Å². The Kier molecular flexibility index (Phi) is 6.73. The second kappa shape index (κ2) is 9.22. The third-order valence-electron chi connectivity index (χ3n) is 3.42. The number of amides is 3. The predicted octanol–water partition coefficient (Wildman–Crippen LogP) is 2.44. The maximum atomic E-state index is 12.5. The van der Waals surface area contributed by atoms with Gasteiger partial charge in [-0.05, 0) is 25.1 Å². The molecule has 0 saturated carbocycles. The van der Waals surface area contributed by atoms with Gasteiger partial charge in [0.2, 0.25) is 6.10 Å². The lowest BCUT2D eigenvalue weighted by molar-refractivity contribution is -0.127. The number of carbonyl (C=O) groups is 3. The number of rotatable bonds is 6. The smallest absolute Gasteiger partial charge is 0.337 e. The average molecular weight is 356 g/mol. The minimum Gasteiger partial charge on any atom is -0.476 e. The molecule has 2 rings (SSSR count). The maximum absolute atomic E-state index is 12.5. The molecular formula is C19H20N2O5. The van der Waals surface area contributed by atoms with Gasteiger partial charge in [0.15, 0.2) is 0 Å². The van der Waals surface area contributed by atoms with Gasteiger partial charge in [-0.3, -0.25) is 10.1 Å². The summed E-state index contributed by atoms with van der Waals surface area (Å²) >= 11 is 0. The van der Waals surface area contributed by atoms with Crippen molar-refractivity contribution < 1.29 is 23.9 Å². The Morgan fingerprint density at radius 2 is 1.77 bits per heavy atom. The summed E-state index contributed by atoms with van der Waals surface area (Å²) in [6.45, 7) is 2.13. The Morgan fingerprint density at radius 1 is 1.04 bits per heavy atom. The molecule has 0 spiro atoms. The zero-order valence-electron chi connectivity index (χ0n) is 14.5. The van der Waals surface area contributed by atoms with Gasteiger partial charge in [0.05, 0.1) is 12.7 Å². The molecule has 26 heavy (non-hydrogen) atoms. The van der Waals surface area contributed by atoms with Gasteiger partial charge in [-0.2, -0.15) is 0 Å². The van der Waals surface area contributed by atoms with Crippen LogP contribution >= 0.6 is 0 Å². The molecule has 0 radical (unpaired) electrons.